The van der Waals surface area contributed by atoms with E-state index < -0.39 is 0 Å². The maximum absolute atomic E-state index is 10.1. The van der Waals surface area contributed by atoms with E-state index in [9.17, 15) is 5.11 Å². The number of aromatic nitrogens is 1. The molecule has 0 saturated carbocycles. The Labute approximate surface area is 141 Å². The number of nitrogens with one attached hydrogen (secondary N) is 1. The summed E-state index contributed by atoms with van der Waals surface area (Å²) >= 11 is 0. The van der Waals surface area contributed by atoms with Crippen molar-refractivity contribution in [2.45, 2.75) is 26.2 Å². The highest BCUT2D eigenvalue weighted by molar-refractivity contribution is 5.89. The third-order valence-electron chi connectivity index (χ3n) is 4.27. The van der Waals surface area contributed by atoms with Gasteiger partial charge >= 0.3 is 0 Å². The first-order valence-corrected chi connectivity index (χ1v) is 8.07. The number of aryl methyl sites for hydroxylation is 1. The molecule has 24 heavy (non-hydrogen) atoms. The highest BCUT2D eigenvalue weighted by Crippen LogP contribution is 2.36. The number of ether oxygens (including phenoxy) is 2. The molecule has 0 atom stereocenters. The normalized spacial score (nSPS) is 13.3. The van der Waals surface area contributed by atoms with Gasteiger partial charge in [0.15, 0.2) is 17.4 Å². The molecule has 1 aliphatic rings. The molecule has 0 unspecified atom stereocenters. The fraction of sp³-hybridized carbons (Fsp3) is 0.316. The van der Waals surface area contributed by atoms with Gasteiger partial charge < -0.3 is 19.6 Å². The lowest BCUT2D eigenvalue weighted by Gasteiger charge is -2.12. The molecular weight excluding hydrogens is 304 g/mol. The van der Waals surface area contributed by atoms with Crippen LogP contribution in [-0.2, 0) is 12.8 Å². The van der Waals surface area contributed by atoms with E-state index in [-0.39, 0.29) is 5.88 Å². The van der Waals surface area contributed by atoms with Gasteiger partial charge in [0.05, 0.1) is 25.5 Å². The molecule has 1 aliphatic carbocycles. The average Bonchev–Trinajstić information content (AvgIpc) is 2.94. The van der Waals surface area contributed by atoms with E-state index in [1.807, 2.05) is 18.2 Å². The minimum Gasteiger partial charge on any atom is -0.494 e. The molecule has 0 fully saturated rings. The second-order valence-corrected chi connectivity index (χ2v) is 5.67. The number of rotatable bonds is 5. The molecule has 1 heterocycles. The van der Waals surface area contributed by atoms with Crippen LogP contribution in [-0.4, -0.2) is 30.5 Å². The van der Waals surface area contributed by atoms with Crippen LogP contribution in [0.4, 0.5) is 5.69 Å². The van der Waals surface area contributed by atoms with Gasteiger partial charge in [0.25, 0.3) is 0 Å². The van der Waals surface area contributed by atoms with Gasteiger partial charge in [-0.25, -0.2) is 0 Å². The molecule has 0 amide bonds. The van der Waals surface area contributed by atoms with Gasteiger partial charge in [-0.15, -0.1) is 0 Å². The SMILES string of the molecule is CCc1cc(N=Cc2c(O)[nH]c3c2CCC=C3)cc(OC)c1OC. The van der Waals surface area contributed by atoms with Crippen LogP contribution >= 0.6 is 0 Å². The van der Waals surface area contributed by atoms with Crippen LogP contribution < -0.4 is 9.47 Å². The molecule has 2 aromatic rings. The highest BCUT2D eigenvalue weighted by atomic mass is 16.5. The molecule has 0 saturated heterocycles. The molecule has 0 radical (unpaired) electrons. The Hall–Kier alpha value is -2.69. The smallest absolute Gasteiger partial charge is 0.198 e. The van der Waals surface area contributed by atoms with Crippen LogP contribution in [0.25, 0.3) is 6.08 Å². The van der Waals surface area contributed by atoms with Crippen molar-refractivity contribution in [3.63, 3.8) is 0 Å². The van der Waals surface area contributed by atoms with Crippen LogP contribution in [0.1, 0.15) is 35.7 Å². The zero-order valence-electron chi connectivity index (χ0n) is 14.2. The standard InChI is InChI=1S/C19H22N2O3/c1-4-12-9-13(10-17(23-2)18(12)24-3)20-11-15-14-7-5-6-8-16(14)21-19(15)22/h6,8-11,21-22H,4-5,7H2,1-3H3. The van der Waals surface area contributed by atoms with E-state index in [1.165, 1.54) is 0 Å². The van der Waals surface area contributed by atoms with E-state index >= 15 is 0 Å². The summed E-state index contributed by atoms with van der Waals surface area (Å²) in [6.45, 7) is 2.06. The Kier molecular flexibility index (Phi) is 4.60. The summed E-state index contributed by atoms with van der Waals surface area (Å²) < 4.78 is 10.8. The van der Waals surface area contributed by atoms with Crippen molar-refractivity contribution >= 4 is 18.0 Å². The van der Waals surface area contributed by atoms with Crippen LogP contribution in [0.5, 0.6) is 17.4 Å². The van der Waals surface area contributed by atoms with Gasteiger partial charge in [-0.2, -0.15) is 0 Å². The predicted molar refractivity (Wildman–Crippen MR) is 96.0 cm³/mol. The Bertz CT molecular complexity index is 778. The van der Waals surface area contributed by atoms with Crippen molar-refractivity contribution < 1.29 is 14.6 Å². The number of fused-ring (bicyclic) bond motifs is 1. The maximum atomic E-state index is 10.1. The van der Waals surface area contributed by atoms with Crippen LogP contribution in [0.3, 0.4) is 0 Å². The molecule has 0 spiro atoms. The van der Waals surface area contributed by atoms with Crippen molar-refractivity contribution in [2.24, 2.45) is 4.99 Å². The molecule has 1 aromatic heterocycles. The first-order chi connectivity index (χ1) is 11.7. The molecule has 2 N–H and O–H groups in total. The highest BCUT2D eigenvalue weighted by Gasteiger charge is 2.16. The van der Waals surface area contributed by atoms with E-state index in [1.54, 1.807) is 20.4 Å². The number of H-pyrrole nitrogens is 1. The number of methoxy groups -OCH3 is 2. The lowest BCUT2D eigenvalue weighted by atomic mass is 10.0. The summed E-state index contributed by atoms with van der Waals surface area (Å²) in [6, 6.07) is 3.82. The topological polar surface area (TPSA) is 66.8 Å². The lowest BCUT2D eigenvalue weighted by molar-refractivity contribution is 0.352. The average molecular weight is 326 g/mol. The fourth-order valence-corrected chi connectivity index (χ4v) is 3.04. The van der Waals surface area contributed by atoms with Gasteiger partial charge in [0.2, 0.25) is 0 Å². The number of hydrogen-bond donors (Lipinski definition) is 2. The maximum Gasteiger partial charge on any atom is 0.198 e. The Balaban J connectivity index is 1.98. The number of aliphatic imine (C=N–C) groups is 1. The number of aromatic hydroxyl groups is 1. The third-order valence-corrected chi connectivity index (χ3v) is 4.27. The minimum atomic E-state index is 0.159. The quantitative estimate of drug-likeness (QED) is 0.816. The number of benzene rings is 1. The van der Waals surface area contributed by atoms with Crippen LogP contribution in [0.2, 0.25) is 0 Å². The van der Waals surface area contributed by atoms with E-state index in [0.717, 1.165) is 53.1 Å². The summed E-state index contributed by atoms with van der Waals surface area (Å²) in [5.41, 5.74) is 4.62. The van der Waals surface area contributed by atoms with E-state index in [2.05, 4.69) is 23.0 Å². The molecule has 0 aliphatic heterocycles. The van der Waals surface area contributed by atoms with Gasteiger partial charge in [-0.05, 0) is 42.5 Å². The molecule has 1 aromatic carbocycles. The van der Waals surface area contributed by atoms with Crippen molar-refractivity contribution in [1.82, 2.24) is 4.98 Å². The number of nitrogens with zero attached hydrogens (tertiary/aromatic N) is 1. The monoisotopic (exact) mass is 326 g/mol. The number of allylic oxidation sites excluding steroid dienone is 1. The second kappa shape index (κ2) is 6.83. The largest absolute Gasteiger partial charge is 0.494 e. The summed E-state index contributed by atoms with van der Waals surface area (Å²) in [5.74, 6) is 1.56. The number of aromatic amines is 1. The predicted octanol–water partition coefficient (Wildman–Crippen LogP) is 4.01. The molecular formula is C19H22N2O3. The zero-order chi connectivity index (χ0) is 17.1. The van der Waals surface area contributed by atoms with Gasteiger partial charge in [-0.1, -0.05) is 13.0 Å². The van der Waals surface area contributed by atoms with Crippen LogP contribution in [0.15, 0.2) is 23.2 Å². The van der Waals surface area contributed by atoms with E-state index in [0.29, 0.717) is 5.75 Å². The fourth-order valence-electron chi connectivity index (χ4n) is 3.04. The second-order valence-electron chi connectivity index (χ2n) is 5.67. The summed E-state index contributed by atoms with van der Waals surface area (Å²) in [7, 11) is 3.25. The lowest BCUT2D eigenvalue weighted by Crippen LogP contribution is -1.96. The van der Waals surface area contributed by atoms with E-state index in [4.69, 9.17) is 9.47 Å². The first-order valence-electron chi connectivity index (χ1n) is 8.07. The first kappa shape index (κ1) is 16.2. The molecule has 3 rings (SSSR count). The Morgan fingerprint density at radius 3 is 2.83 bits per heavy atom. The van der Waals surface area contributed by atoms with Crippen molar-refractivity contribution in [1.29, 1.82) is 0 Å². The minimum absolute atomic E-state index is 0.159. The van der Waals surface area contributed by atoms with Gasteiger partial charge in [0, 0.05) is 18.0 Å². The molecule has 5 heteroatoms. The van der Waals surface area contributed by atoms with Crippen molar-refractivity contribution in [3.05, 3.63) is 40.6 Å². The third kappa shape index (κ3) is 2.89. The summed E-state index contributed by atoms with van der Waals surface area (Å²) in [4.78, 5) is 7.54. The zero-order valence-corrected chi connectivity index (χ0v) is 14.2. The summed E-state index contributed by atoms with van der Waals surface area (Å²) in [5, 5.41) is 10.1. The number of hydrogen-bond acceptors (Lipinski definition) is 4. The van der Waals surface area contributed by atoms with Crippen molar-refractivity contribution in [3.8, 4) is 17.4 Å². The Morgan fingerprint density at radius 2 is 2.12 bits per heavy atom. The van der Waals surface area contributed by atoms with Crippen molar-refractivity contribution in [2.75, 3.05) is 14.2 Å². The van der Waals surface area contributed by atoms with Gasteiger partial charge in [0.1, 0.15) is 0 Å². The summed E-state index contributed by atoms with van der Waals surface area (Å²) in [6.07, 6.45) is 8.50. The molecule has 0 bridgehead atoms. The Morgan fingerprint density at radius 1 is 1.29 bits per heavy atom. The van der Waals surface area contributed by atoms with Gasteiger partial charge in [-0.3, -0.25) is 4.99 Å². The molecule has 5 nitrogen and oxygen atoms in total. The van der Waals surface area contributed by atoms with Crippen LogP contribution in [0, 0.1) is 0 Å². The molecule has 126 valence electrons.